The van der Waals surface area contributed by atoms with E-state index in [1.54, 1.807) is 11.6 Å². The van der Waals surface area contributed by atoms with E-state index in [2.05, 4.69) is 18.7 Å². The van der Waals surface area contributed by atoms with Crippen LogP contribution in [0.2, 0.25) is 0 Å². The highest BCUT2D eigenvalue weighted by Gasteiger charge is 2.32. The molecular formula is C21H24N4O2S. The third-order valence-corrected chi connectivity index (χ3v) is 6.45. The van der Waals surface area contributed by atoms with E-state index in [1.807, 2.05) is 46.7 Å². The largest absolute Gasteiger partial charge is 0.333 e. The molecule has 0 spiro atoms. The van der Waals surface area contributed by atoms with Gasteiger partial charge in [0.05, 0.1) is 21.8 Å². The van der Waals surface area contributed by atoms with E-state index in [-0.39, 0.29) is 23.6 Å². The number of hydrogen-bond donors (Lipinski definition) is 0. The van der Waals surface area contributed by atoms with Crippen LogP contribution in [0, 0.1) is 0 Å². The van der Waals surface area contributed by atoms with Crippen LogP contribution in [0.1, 0.15) is 35.4 Å². The molecule has 0 N–H and O–H groups in total. The van der Waals surface area contributed by atoms with Gasteiger partial charge in [0.15, 0.2) is 0 Å². The molecule has 1 aromatic carbocycles. The summed E-state index contributed by atoms with van der Waals surface area (Å²) in [7, 11) is 1.79. The summed E-state index contributed by atoms with van der Waals surface area (Å²) in [5.74, 6) is 0.861. The molecular weight excluding hydrogens is 372 g/mol. The molecule has 3 aromatic rings. The van der Waals surface area contributed by atoms with Crippen molar-refractivity contribution in [1.29, 1.82) is 0 Å². The molecule has 0 saturated carbocycles. The Kier molecular flexibility index (Phi) is 5.03. The van der Waals surface area contributed by atoms with Gasteiger partial charge in [0, 0.05) is 32.7 Å². The van der Waals surface area contributed by atoms with Crippen LogP contribution >= 0.6 is 11.3 Å². The molecule has 28 heavy (non-hydrogen) atoms. The Morgan fingerprint density at radius 3 is 2.71 bits per heavy atom. The first-order valence-corrected chi connectivity index (χ1v) is 10.4. The minimum atomic E-state index is -0.0213. The van der Waals surface area contributed by atoms with Crippen LogP contribution in [-0.4, -0.2) is 50.9 Å². The van der Waals surface area contributed by atoms with Crippen molar-refractivity contribution in [2.24, 2.45) is 7.05 Å². The quantitative estimate of drug-likeness (QED) is 0.683. The van der Waals surface area contributed by atoms with Crippen LogP contribution < -0.4 is 5.56 Å². The molecule has 6 nitrogen and oxygen atoms in total. The minimum absolute atomic E-state index is 0.0104. The molecule has 2 aromatic heterocycles. The molecule has 0 radical (unpaired) electrons. The fraction of sp³-hybridized carbons (Fsp3) is 0.381. The second kappa shape index (κ2) is 7.48. The van der Waals surface area contributed by atoms with E-state index in [0.29, 0.717) is 11.9 Å². The van der Waals surface area contributed by atoms with Crippen molar-refractivity contribution in [2.45, 2.75) is 25.9 Å². The molecule has 1 saturated heterocycles. The minimum Gasteiger partial charge on any atom is -0.333 e. The molecule has 1 fully saturated rings. The van der Waals surface area contributed by atoms with E-state index >= 15 is 0 Å². The summed E-state index contributed by atoms with van der Waals surface area (Å²) in [6, 6.07) is 11.3. The number of benzene rings is 1. The number of piperazine rings is 1. The number of carbonyl (C=O) groups excluding carboxylic acids is 1. The predicted molar refractivity (Wildman–Crippen MR) is 112 cm³/mol. The maximum absolute atomic E-state index is 12.7. The van der Waals surface area contributed by atoms with Gasteiger partial charge < -0.3 is 4.90 Å². The fourth-order valence-electron chi connectivity index (χ4n) is 3.95. The number of amides is 1. The molecule has 146 valence electrons. The number of aromatic nitrogens is 2. The molecule has 1 amide bonds. The van der Waals surface area contributed by atoms with Crippen molar-refractivity contribution in [3.63, 3.8) is 0 Å². The number of para-hydroxylation sites is 1. The lowest BCUT2D eigenvalue weighted by atomic mass is 10.1. The smallest absolute Gasteiger partial charge is 0.264 e. The second-order valence-electron chi connectivity index (χ2n) is 7.35. The fourth-order valence-corrected chi connectivity index (χ4v) is 4.63. The maximum atomic E-state index is 12.7. The van der Waals surface area contributed by atoms with E-state index in [0.717, 1.165) is 29.3 Å². The average Bonchev–Trinajstić information content (AvgIpc) is 3.24. The summed E-state index contributed by atoms with van der Waals surface area (Å²) >= 11 is 1.48. The normalized spacial score (nSPS) is 19.1. The third kappa shape index (κ3) is 3.25. The van der Waals surface area contributed by atoms with Crippen molar-refractivity contribution in [1.82, 2.24) is 19.4 Å². The van der Waals surface area contributed by atoms with Gasteiger partial charge >= 0.3 is 0 Å². The molecule has 7 heteroatoms. The van der Waals surface area contributed by atoms with Crippen LogP contribution in [0.15, 0.2) is 46.6 Å². The topological polar surface area (TPSA) is 58.4 Å². The summed E-state index contributed by atoms with van der Waals surface area (Å²) in [4.78, 5) is 35.3. The van der Waals surface area contributed by atoms with Crippen molar-refractivity contribution in [2.75, 3.05) is 19.6 Å². The Morgan fingerprint density at radius 2 is 2.00 bits per heavy atom. The van der Waals surface area contributed by atoms with Gasteiger partial charge in [0.2, 0.25) is 0 Å². The zero-order valence-electron chi connectivity index (χ0n) is 16.3. The van der Waals surface area contributed by atoms with E-state index < -0.39 is 0 Å². The molecule has 1 aliphatic rings. The summed E-state index contributed by atoms with van der Waals surface area (Å²) in [6.07, 6.45) is 0. The van der Waals surface area contributed by atoms with E-state index in [9.17, 15) is 9.59 Å². The van der Waals surface area contributed by atoms with Gasteiger partial charge in [-0.2, -0.15) is 0 Å². The standard InChI is InChI=1S/C21H24N4O2S/c1-14-13-24(10-11-25(14)21(27)18-9-6-12-28-18)15(2)19-22-17-8-5-4-7-16(17)20(26)23(19)3/h4-9,12,14-15H,10-11,13H2,1-3H3. The summed E-state index contributed by atoms with van der Waals surface area (Å²) in [5.41, 5.74) is 0.707. The number of hydrogen-bond acceptors (Lipinski definition) is 5. The first-order valence-electron chi connectivity index (χ1n) is 9.51. The Labute approximate surface area is 168 Å². The zero-order valence-corrected chi connectivity index (χ0v) is 17.1. The van der Waals surface area contributed by atoms with Crippen LogP contribution in [-0.2, 0) is 7.05 Å². The van der Waals surface area contributed by atoms with Crippen molar-refractivity contribution >= 4 is 28.1 Å². The molecule has 3 heterocycles. The number of nitrogens with zero attached hydrogens (tertiary/aromatic N) is 4. The maximum Gasteiger partial charge on any atom is 0.264 e. The van der Waals surface area contributed by atoms with Gasteiger partial charge in [0.25, 0.3) is 11.5 Å². The third-order valence-electron chi connectivity index (χ3n) is 5.59. The van der Waals surface area contributed by atoms with Gasteiger partial charge in [-0.3, -0.25) is 19.1 Å². The molecule has 4 rings (SSSR count). The SMILES string of the molecule is CC(c1nc2ccccc2c(=O)n1C)N1CCN(C(=O)c2cccs2)C(C)C1. The predicted octanol–water partition coefficient (Wildman–Crippen LogP) is 2.90. The molecule has 1 aliphatic heterocycles. The van der Waals surface area contributed by atoms with Gasteiger partial charge in [-0.15, -0.1) is 11.3 Å². The highest BCUT2D eigenvalue weighted by Crippen LogP contribution is 2.24. The summed E-state index contributed by atoms with van der Waals surface area (Å²) < 4.78 is 1.65. The van der Waals surface area contributed by atoms with Gasteiger partial charge in [-0.05, 0) is 37.4 Å². The van der Waals surface area contributed by atoms with Crippen LogP contribution in [0.25, 0.3) is 10.9 Å². The Balaban J connectivity index is 1.56. The Morgan fingerprint density at radius 1 is 1.21 bits per heavy atom. The molecule has 0 aliphatic carbocycles. The Bertz CT molecular complexity index is 1060. The van der Waals surface area contributed by atoms with E-state index in [4.69, 9.17) is 4.98 Å². The lowest BCUT2D eigenvalue weighted by Crippen LogP contribution is -2.54. The van der Waals surface area contributed by atoms with E-state index in [1.165, 1.54) is 11.3 Å². The first-order chi connectivity index (χ1) is 13.5. The molecule has 2 atom stereocenters. The van der Waals surface area contributed by atoms with Crippen LogP contribution in [0.3, 0.4) is 0 Å². The lowest BCUT2D eigenvalue weighted by molar-refractivity contribution is 0.0396. The molecule has 0 bridgehead atoms. The number of fused-ring (bicyclic) bond motifs is 1. The van der Waals surface area contributed by atoms with Crippen molar-refractivity contribution in [3.8, 4) is 0 Å². The number of rotatable bonds is 3. The highest BCUT2D eigenvalue weighted by atomic mass is 32.1. The van der Waals surface area contributed by atoms with Crippen LogP contribution in [0.5, 0.6) is 0 Å². The van der Waals surface area contributed by atoms with Crippen molar-refractivity contribution in [3.05, 3.63) is 62.8 Å². The van der Waals surface area contributed by atoms with Crippen LogP contribution in [0.4, 0.5) is 0 Å². The Hall–Kier alpha value is -2.51. The van der Waals surface area contributed by atoms with Gasteiger partial charge in [0.1, 0.15) is 5.82 Å². The monoisotopic (exact) mass is 396 g/mol. The molecule has 2 unspecified atom stereocenters. The number of thiophene rings is 1. The first kappa shape index (κ1) is 18.8. The zero-order chi connectivity index (χ0) is 19.8. The van der Waals surface area contributed by atoms with Gasteiger partial charge in [-0.25, -0.2) is 4.98 Å². The lowest BCUT2D eigenvalue weighted by Gasteiger charge is -2.42. The summed E-state index contributed by atoms with van der Waals surface area (Å²) in [6.45, 7) is 6.34. The van der Waals surface area contributed by atoms with Gasteiger partial charge in [-0.1, -0.05) is 18.2 Å². The highest BCUT2D eigenvalue weighted by molar-refractivity contribution is 7.12. The average molecular weight is 397 g/mol. The second-order valence-corrected chi connectivity index (χ2v) is 8.29. The summed E-state index contributed by atoms with van der Waals surface area (Å²) in [5, 5.41) is 2.57. The number of carbonyl (C=O) groups is 1. The van der Waals surface area contributed by atoms with Crippen molar-refractivity contribution < 1.29 is 4.79 Å².